The van der Waals surface area contributed by atoms with Gasteiger partial charge in [-0.1, -0.05) is 11.6 Å². The minimum Gasteiger partial charge on any atom is -0.493 e. The summed E-state index contributed by atoms with van der Waals surface area (Å²) in [4.78, 5) is 22.2. The topological polar surface area (TPSA) is 43.4 Å². The van der Waals surface area contributed by atoms with E-state index in [1.54, 1.807) is 19.1 Å². The number of halogens is 1. The number of hydrogen-bond donors (Lipinski definition) is 0. The van der Waals surface area contributed by atoms with Crippen LogP contribution in [-0.4, -0.2) is 18.7 Å². The van der Waals surface area contributed by atoms with E-state index in [-0.39, 0.29) is 21.9 Å². The van der Waals surface area contributed by atoms with E-state index in [0.717, 1.165) is 0 Å². The fourth-order valence-electron chi connectivity index (χ4n) is 1.33. The number of carbonyl (C=O) groups excluding carboxylic acids is 2. The minimum absolute atomic E-state index is 0.219. The summed E-state index contributed by atoms with van der Waals surface area (Å²) in [6.45, 7) is 3.60. The molecule has 0 fully saturated rings. The molecular formula is C11H11ClO3. The molecule has 0 saturated carbocycles. The Morgan fingerprint density at radius 1 is 1.53 bits per heavy atom. The summed E-state index contributed by atoms with van der Waals surface area (Å²) in [6.07, 6.45) is 0.591. The maximum atomic E-state index is 11.3. The summed E-state index contributed by atoms with van der Waals surface area (Å²) in [5.74, 6) is 0.144. The molecule has 0 atom stereocenters. The molecular weight excluding hydrogens is 216 g/mol. The van der Waals surface area contributed by atoms with Crippen LogP contribution in [0.15, 0.2) is 12.1 Å². The summed E-state index contributed by atoms with van der Waals surface area (Å²) in [6, 6.07) is 3.14. The first-order valence-electron chi connectivity index (χ1n) is 4.53. The second-order valence-electron chi connectivity index (χ2n) is 2.94. The van der Waals surface area contributed by atoms with E-state index >= 15 is 0 Å². The summed E-state index contributed by atoms with van der Waals surface area (Å²) < 4.78 is 5.23. The third-order valence-corrected chi connectivity index (χ3v) is 2.24. The molecule has 1 aromatic rings. The number of ether oxygens (including phenoxy) is 1. The average molecular weight is 227 g/mol. The lowest BCUT2D eigenvalue weighted by atomic mass is 10.0. The minimum atomic E-state index is -0.247. The van der Waals surface area contributed by atoms with Crippen molar-refractivity contribution in [2.75, 3.05) is 6.61 Å². The van der Waals surface area contributed by atoms with Crippen LogP contribution in [0.3, 0.4) is 0 Å². The molecule has 0 saturated heterocycles. The Hall–Kier alpha value is -1.35. The third-order valence-electron chi connectivity index (χ3n) is 1.92. The van der Waals surface area contributed by atoms with Gasteiger partial charge >= 0.3 is 0 Å². The van der Waals surface area contributed by atoms with Gasteiger partial charge in [0.15, 0.2) is 12.1 Å². The highest BCUT2D eigenvalue weighted by molar-refractivity contribution is 6.34. The van der Waals surface area contributed by atoms with Crippen molar-refractivity contribution in [1.82, 2.24) is 0 Å². The highest BCUT2D eigenvalue weighted by Gasteiger charge is 2.16. The van der Waals surface area contributed by atoms with E-state index in [1.165, 1.54) is 6.92 Å². The Morgan fingerprint density at radius 2 is 2.20 bits per heavy atom. The molecule has 0 aliphatic rings. The standard InChI is InChI=1S/C11H11ClO3/c1-3-15-10-5-4-9(12)11(7(2)14)8(10)6-13/h4-6H,3H2,1-2H3. The normalized spacial score (nSPS) is 9.80. The van der Waals surface area contributed by atoms with Crippen molar-refractivity contribution < 1.29 is 14.3 Å². The fourth-order valence-corrected chi connectivity index (χ4v) is 1.63. The van der Waals surface area contributed by atoms with E-state index in [4.69, 9.17) is 16.3 Å². The van der Waals surface area contributed by atoms with Crippen molar-refractivity contribution in [3.63, 3.8) is 0 Å². The summed E-state index contributed by atoms with van der Waals surface area (Å²) in [5.41, 5.74) is 0.439. The van der Waals surface area contributed by atoms with Gasteiger partial charge in [-0.25, -0.2) is 0 Å². The molecule has 0 unspecified atom stereocenters. The van der Waals surface area contributed by atoms with Gasteiger partial charge in [-0.05, 0) is 26.0 Å². The first-order chi connectivity index (χ1) is 7.11. The smallest absolute Gasteiger partial charge is 0.162 e. The molecule has 4 heteroatoms. The Bertz CT molecular complexity index is 399. The molecule has 0 amide bonds. The molecule has 1 rings (SSSR count). The Morgan fingerprint density at radius 3 is 2.67 bits per heavy atom. The van der Waals surface area contributed by atoms with Gasteiger partial charge in [0.25, 0.3) is 0 Å². The van der Waals surface area contributed by atoms with Crippen molar-refractivity contribution in [3.05, 3.63) is 28.3 Å². The molecule has 0 spiro atoms. The Balaban J connectivity index is 3.40. The van der Waals surface area contributed by atoms with Crippen LogP contribution in [0.2, 0.25) is 5.02 Å². The fraction of sp³-hybridized carbons (Fsp3) is 0.273. The van der Waals surface area contributed by atoms with Crippen LogP contribution in [0, 0.1) is 0 Å². The quantitative estimate of drug-likeness (QED) is 0.586. The SMILES string of the molecule is CCOc1ccc(Cl)c(C(C)=O)c1C=O. The Kier molecular flexibility index (Phi) is 3.86. The van der Waals surface area contributed by atoms with Gasteiger partial charge in [-0.2, -0.15) is 0 Å². The van der Waals surface area contributed by atoms with Crippen LogP contribution < -0.4 is 4.74 Å². The number of Topliss-reactive ketones (excluding diaryl/α,β-unsaturated/α-hetero) is 1. The van der Waals surface area contributed by atoms with Gasteiger partial charge in [-0.15, -0.1) is 0 Å². The predicted molar refractivity (Wildman–Crippen MR) is 58.0 cm³/mol. The lowest BCUT2D eigenvalue weighted by Crippen LogP contribution is -2.04. The number of benzene rings is 1. The molecule has 0 bridgehead atoms. The third kappa shape index (κ3) is 2.36. The van der Waals surface area contributed by atoms with Crippen LogP contribution in [0.25, 0.3) is 0 Å². The van der Waals surface area contributed by atoms with Crippen LogP contribution in [0.5, 0.6) is 5.75 Å². The van der Waals surface area contributed by atoms with Crippen LogP contribution in [-0.2, 0) is 0 Å². The molecule has 0 aromatic heterocycles. The van der Waals surface area contributed by atoms with Gasteiger partial charge < -0.3 is 4.74 Å². The zero-order valence-electron chi connectivity index (χ0n) is 8.54. The maximum Gasteiger partial charge on any atom is 0.162 e. The molecule has 15 heavy (non-hydrogen) atoms. The number of hydrogen-bond acceptors (Lipinski definition) is 3. The van der Waals surface area contributed by atoms with Crippen molar-refractivity contribution in [2.45, 2.75) is 13.8 Å². The van der Waals surface area contributed by atoms with Gasteiger partial charge in [0.05, 0.1) is 22.8 Å². The van der Waals surface area contributed by atoms with Crippen molar-refractivity contribution in [1.29, 1.82) is 0 Å². The van der Waals surface area contributed by atoms with Gasteiger partial charge in [-0.3, -0.25) is 9.59 Å². The van der Waals surface area contributed by atoms with Crippen LogP contribution >= 0.6 is 11.6 Å². The molecule has 80 valence electrons. The Labute approximate surface area is 93.0 Å². The molecule has 0 aliphatic carbocycles. The first-order valence-corrected chi connectivity index (χ1v) is 4.91. The first kappa shape index (κ1) is 11.7. The number of carbonyl (C=O) groups is 2. The summed E-state index contributed by atoms with van der Waals surface area (Å²) in [5, 5.41) is 0.271. The maximum absolute atomic E-state index is 11.3. The number of rotatable bonds is 4. The monoisotopic (exact) mass is 226 g/mol. The zero-order chi connectivity index (χ0) is 11.4. The van der Waals surface area contributed by atoms with E-state index in [0.29, 0.717) is 18.6 Å². The lowest BCUT2D eigenvalue weighted by Gasteiger charge is -2.10. The highest BCUT2D eigenvalue weighted by atomic mass is 35.5. The van der Waals surface area contributed by atoms with E-state index in [1.807, 2.05) is 0 Å². The highest BCUT2D eigenvalue weighted by Crippen LogP contribution is 2.27. The molecule has 0 heterocycles. The van der Waals surface area contributed by atoms with Gasteiger partial charge in [0.1, 0.15) is 5.75 Å². The van der Waals surface area contributed by atoms with Crippen molar-refractivity contribution in [2.24, 2.45) is 0 Å². The zero-order valence-corrected chi connectivity index (χ0v) is 9.30. The number of ketones is 1. The predicted octanol–water partition coefficient (Wildman–Crippen LogP) is 2.75. The molecule has 0 aliphatic heterocycles. The van der Waals surface area contributed by atoms with E-state index in [9.17, 15) is 9.59 Å². The lowest BCUT2D eigenvalue weighted by molar-refractivity contribution is 0.100. The molecule has 3 nitrogen and oxygen atoms in total. The van der Waals surface area contributed by atoms with Gasteiger partial charge in [0.2, 0.25) is 0 Å². The molecule has 0 radical (unpaired) electrons. The van der Waals surface area contributed by atoms with Crippen molar-refractivity contribution >= 4 is 23.7 Å². The van der Waals surface area contributed by atoms with E-state index in [2.05, 4.69) is 0 Å². The van der Waals surface area contributed by atoms with Crippen LogP contribution in [0.1, 0.15) is 34.6 Å². The van der Waals surface area contributed by atoms with Crippen molar-refractivity contribution in [3.8, 4) is 5.75 Å². The molecule has 1 aromatic carbocycles. The second-order valence-corrected chi connectivity index (χ2v) is 3.35. The number of aldehydes is 1. The summed E-state index contributed by atoms with van der Waals surface area (Å²) in [7, 11) is 0. The average Bonchev–Trinajstić information content (AvgIpc) is 2.19. The molecule has 0 N–H and O–H groups in total. The largest absolute Gasteiger partial charge is 0.493 e. The summed E-state index contributed by atoms with van der Waals surface area (Å²) >= 11 is 5.84. The second kappa shape index (κ2) is 4.94. The van der Waals surface area contributed by atoms with Crippen LogP contribution in [0.4, 0.5) is 0 Å². The van der Waals surface area contributed by atoms with Gasteiger partial charge in [0, 0.05) is 0 Å². The van der Waals surface area contributed by atoms with E-state index < -0.39 is 0 Å².